The van der Waals surface area contributed by atoms with Crippen molar-refractivity contribution in [3.05, 3.63) is 29.8 Å². The minimum Gasteiger partial charge on any atom is -0.494 e. The molecule has 0 bridgehead atoms. The van der Waals surface area contributed by atoms with Gasteiger partial charge >= 0.3 is 0 Å². The Bertz CT molecular complexity index is 295. The van der Waals surface area contributed by atoms with E-state index in [1.165, 1.54) is 0 Å². The molecular formula is C12H16NO2. The lowest BCUT2D eigenvalue weighted by Crippen LogP contribution is -2.19. The monoisotopic (exact) mass is 206 g/mol. The number of hydrogen-bond donors (Lipinski definition) is 0. The molecule has 0 atom stereocenters. The van der Waals surface area contributed by atoms with Gasteiger partial charge in [-0.25, -0.2) is 0 Å². The highest BCUT2D eigenvalue weighted by Gasteiger charge is 2.00. The van der Waals surface area contributed by atoms with E-state index < -0.39 is 0 Å². The summed E-state index contributed by atoms with van der Waals surface area (Å²) >= 11 is 0. The van der Waals surface area contributed by atoms with E-state index >= 15 is 0 Å². The van der Waals surface area contributed by atoms with Crippen LogP contribution in [0.3, 0.4) is 0 Å². The third kappa shape index (κ3) is 4.13. The second kappa shape index (κ2) is 6.19. The van der Waals surface area contributed by atoms with Gasteiger partial charge in [-0.05, 0) is 31.7 Å². The van der Waals surface area contributed by atoms with Gasteiger partial charge in [0.2, 0.25) is 6.29 Å². The van der Waals surface area contributed by atoms with Crippen LogP contribution in [0.5, 0.6) is 5.75 Å². The Morgan fingerprint density at radius 3 is 2.53 bits per heavy atom. The maximum Gasteiger partial charge on any atom is 0.213 e. The number of nitrogens with zero attached hydrogens (tertiary/aromatic N) is 1. The average Bonchev–Trinajstić information content (AvgIpc) is 2.22. The van der Waals surface area contributed by atoms with Crippen LogP contribution in [0, 0.1) is 0 Å². The minimum absolute atomic E-state index is 0.340. The molecule has 3 nitrogen and oxygen atoms in total. The molecule has 0 heterocycles. The van der Waals surface area contributed by atoms with Crippen LogP contribution in [0.2, 0.25) is 0 Å². The van der Waals surface area contributed by atoms with Crippen LogP contribution in [-0.4, -0.2) is 31.4 Å². The molecule has 0 aliphatic rings. The van der Waals surface area contributed by atoms with Gasteiger partial charge in [0.25, 0.3) is 0 Å². The summed E-state index contributed by atoms with van der Waals surface area (Å²) in [7, 11) is 1.89. The third-order valence-corrected chi connectivity index (χ3v) is 2.02. The van der Waals surface area contributed by atoms with Crippen molar-refractivity contribution in [1.82, 2.24) is 4.90 Å². The number of ether oxygens (including phenoxy) is 1. The second-order valence-corrected chi connectivity index (χ2v) is 3.39. The molecule has 0 saturated carbocycles. The van der Waals surface area contributed by atoms with Crippen molar-refractivity contribution in [2.75, 3.05) is 20.2 Å². The first-order valence-electron chi connectivity index (χ1n) is 5.01. The van der Waals surface area contributed by atoms with E-state index in [4.69, 9.17) is 4.74 Å². The second-order valence-electron chi connectivity index (χ2n) is 3.39. The summed E-state index contributed by atoms with van der Waals surface area (Å²) < 4.78 is 5.34. The number of likely N-dealkylation sites (N-methyl/N-ethyl adjacent to an activating group) is 1. The molecule has 0 aromatic heterocycles. The standard InChI is InChI=1S/C12H16NO2/c1-3-15-12-6-4-11(5-7-12)10-13(2)8-9-14/h4-7H,3,8,10H2,1-2H3. The summed E-state index contributed by atoms with van der Waals surface area (Å²) in [5.74, 6) is 0.880. The Kier molecular flexibility index (Phi) is 4.84. The molecular weight excluding hydrogens is 190 g/mol. The molecule has 1 radical (unpaired) electrons. The first-order valence-corrected chi connectivity index (χ1v) is 5.01. The van der Waals surface area contributed by atoms with Crippen molar-refractivity contribution in [1.29, 1.82) is 0 Å². The lowest BCUT2D eigenvalue weighted by atomic mass is 10.2. The molecule has 1 rings (SSSR count). The first kappa shape index (κ1) is 11.7. The number of benzene rings is 1. The predicted molar refractivity (Wildman–Crippen MR) is 59.6 cm³/mol. The van der Waals surface area contributed by atoms with E-state index in [0.717, 1.165) is 17.9 Å². The molecule has 0 amide bonds. The number of hydrogen-bond acceptors (Lipinski definition) is 3. The van der Waals surface area contributed by atoms with Crippen LogP contribution in [0.15, 0.2) is 24.3 Å². The SMILES string of the molecule is CCOc1ccc(CN(C)C[C]=O)cc1. The van der Waals surface area contributed by atoms with E-state index in [-0.39, 0.29) is 0 Å². The maximum absolute atomic E-state index is 10.2. The maximum atomic E-state index is 10.2. The van der Waals surface area contributed by atoms with Gasteiger partial charge in [-0.2, -0.15) is 0 Å². The highest BCUT2D eigenvalue weighted by atomic mass is 16.5. The smallest absolute Gasteiger partial charge is 0.213 e. The van der Waals surface area contributed by atoms with Gasteiger partial charge in [0.15, 0.2) is 0 Å². The minimum atomic E-state index is 0.340. The largest absolute Gasteiger partial charge is 0.494 e. The Balaban J connectivity index is 2.52. The van der Waals surface area contributed by atoms with Gasteiger partial charge in [-0.15, -0.1) is 0 Å². The molecule has 0 saturated heterocycles. The van der Waals surface area contributed by atoms with Crippen LogP contribution < -0.4 is 4.74 Å². The van der Waals surface area contributed by atoms with E-state index in [1.807, 2.05) is 49.4 Å². The molecule has 15 heavy (non-hydrogen) atoms. The Morgan fingerprint density at radius 2 is 2.00 bits per heavy atom. The van der Waals surface area contributed by atoms with E-state index in [2.05, 4.69) is 0 Å². The predicted octanol–water partition coefficient (Wildman–Crippen LogP) is 1.63. The molecule has 0 aliphatic carbocycles. The van der Waals surface area contributed by atoms with Crippen LogP contribution in [-0.2, 0) is 11.3 Å². The molecule has 0 spiro atoms. The van der Waals surface area contributed by atoms with E-state index in [1.54, 1.807) is 0 Å². The van der Waals surface area contributed by atoms with Gasteiger partial charge in [0, 0.05) is 6.54 Å². The Morgan fingerprint density at radius 1 is 1.33 bits per heavy atom. The molecule has 0 aliphatic heterocycles. The quantitative estimate of drug-likeness (QED) is 0.708. The van der Waals surface area contributed by atoms with Gasteiger partial charge < -0.3 is 4.74 Å². The van der Waals surface area contributed by atoms with Crippen LogP contribution in [0.25, 0.3) is 0 Å². The average molecular weight is 206 g/mol. The molecule has 1 aromatic rings. The fourth-order valence-corrected chi connectivity index (χ4v) is 1.34. The lowest BCUT2D eigenvalue weighted by Gasteiger charge is -2.12. The topological polar surface area (TPSA) is 29.5 Å². The summed E-state index contributed by atoms with van der Waals surface area (Å²) in [6.45, 7) is 3.73. The third-order valence-electron chi connectivity index (χ3n) is 2.02. The summed E-state index contributed by atoms with van der Waals surface area (Å²) in [6, 6.07) is 7.90. The molecule has 3 heteroatoms. The molecule has 0 N–H and O–H groups in total. The van der Waals surface area contributed by atoms with Crippen molar-refractivity contribution in [3.8, 4) is 5.75 Å². The molecule has 81 valence electrons. The van der Waals surface area contributed by atoms with Crippen molar-refractivity contribution >= 4 is 6.29 Å². The van der Waals surface area contributed by atoms with Crippen molar-refractivity contribution in [2.45, 2.75) is 13.5 Å². The summed E-state index contributed by atoms with van der Waals surface area (Å²) in [4.78, 5) is 12.1. The highest BCUT2D eigenvalue weighted by Crippen LogP contribution is 2.12. The fourth-order valence-electron chi connectivity index (χ4n) is 1.34. The van der Waals surface area contributed by atoms with Gasteiger partial charge in [-0.3, -0.25) is 9.69 Å². The Hall–Kier alpha value is -1.35. The van der Waals surface area contributed by atoms with Gasteiger partial charge in [0.05, 0.1) is 13.2 Å². The lowest BCUT2D eigenvalue weighted by molar-refractivity contribution is 0.339. The molecule has 1 aromatic carbocycles. The zero-order chi connectivity index (χ0) is 11.1. The molecule has 0 unspecified atom stereocenters. The van der Waals surface area contributed by atoms with Crippen molar-refractivity contribution < 1.29 is 9.53 Å². The summed E-state index contributed by atoms with van der Waals surface area (Å²) in [6.07, 6.45) is 1.87. The van der Waals surface area contributed by atoms with Gasteiger partial charge in [-0.1, -0.05) is 12.1 Å². The van der Waals surface area contributed by atoms with Crippen molar-refractivity contribution in [3.63, 3.8) is 0 Å². The summed E-state index contributed by atoms with van der Waals surface area (Å²) in [5, 5.41) is 0. The normalized spacial score (nSPS) is 10.3. The van der Waals surface area contributed by atoms with Crippen LogP contribution in [0.4, 0.5) is 0 Å². The molecule has 0 fully saturated rings. The number of rotatable bonds is 6. The van der Waals surface area contributed by atoms with Gasteiger partial charge in [0.1, 0.15) is 5.75 Å². The van der Waals surface area contributed by atoms with Crippen LogP contribution in [0.1, 0.15) is 12.5 Å². The zero-order valence-electron chi connectivity index (χ0n) is 9.19. The Labute approximate surface area is 90.7 Å². The summed E-state index contributed by atoms with van der Waals surface area (Å²) in [5.41, 5.74) is 1.16. The highest BCUT2D eigenvalue weighted by molar-refractivity contribution is 5.52. The first-order chi connectivity index (χ1) is 7.26. The van der Waals surface area contributed by atoms with Crippen molar-refractivity contribution in [2.24, 2.45) is 0 Å². The fraction of sp³-hybridized carbons (Fsp3) is 0.417. The zero-order valence-corrected chi connectivity index (χ0v) is 9.19. The van der Waals surface area contributed by atoms with E-state index in [0.29, 0.717) is 13.2 Å². The van der Waals surface area contributed by atoms with E-state index in [9.17, 15) is 4.79 Å². The van der Waals surface area contributed by atoms with Crippen LogP contribution >= 0.6 is 0 Å². The number of carbonyl (C=O) groups excluding carboxylic acids is 1.